The van der Waals surface area contributed by atoms with Crippen LogP contribution in [0.3, 0.4) is 0 Å². The predicted molar refractivity (Wildman–Crippen MR) is 85.9 cm³/mol. The lowest BCUT2D eigenvalue weighted by Gasteiger charge is -2.29. The van der Waals surface area contributed by atoms with Gasteiger partial charge < -0.3 is 10.8 Å². The van der Waals surface area contributed by atoms with E-state index in [4.69, 9.17) is 5.73 Å². The number of hydrogen-bond acceptors (Lipinski definition) is 3. The molecule has 1 atom stereocenters. The molecule has 0 bridgehead atoms. The molecule has 3 nitrogen and oxygen atoms in total. The van der Waals surface area contributed by atoms with E-state index in [2.05, 4.69) is 41.3 Å². The zero-order chi connectivity index (χ0) is 14.7. The van der Waals surface area contributed by atoms with E-state index in [-0.39, 0.29) is 6.61 Å². The Balaban J connectivity index is 1.83. The molecular weight excluding hydrogens is 260 g/mol. The number of aryl methyl sites for hydroxylation is 1. The molecule has 1 unspecified atom stereocenters. The van der Waals surface area contributed by atoms with E-state index in [1.165, 1.54) is 16.7 Å². The number of anilines is 1. The lowest BCUT2D eigenvalue weighted by Crippen LogP contribution is -2.30. The van der Waals surface area contributed by atoms with Crippen LogP contribution >= 0.6 is 0 Å². The van der Waals surface area contributed by atoms with E-state index in [0.717, 1.165) is 25.1 Å². The second kappa shape index (κ2) is 6.29. The zero-order valence-corrected chi connectivity index (χ0v) is 12.2. The molecule has 3 heteroatoms. The minimum absolute atomic E-state index is 0.188. The van der Waals surface area contributed by atoms with Crippen molar-refractivity contribution in [3.8, 4) is 0 Å². The Labute approximate surface area is 126 Å². The fraction of sp³-hybridized carbons (Fsp3) is 0.333. The largest absolute Gasteiger partial charge is 0.399 e. The summed E-state index contributed by atoms with van der Waals surface area (Å²) < 4.78 is 0. The highest BCUT2D eigenvalue weighted by molar-refractivity contribution is 5.47. The van der Waals surface area contributed by atoms with Crippen molar-refractivity contribution in [2.24, 2.45) is 0 Å². The second-order valence-corrected chi connectivity index (χ2v) is 5.69. The van der Waals surface area contributed by atoms with E-state index >= 15 is 0 Å². The number of hydrogen-bond donors (Lipinski definition) is 2. The first kappa shape index (κ1) is 14.1. The van der Waals surface area contributed by atoms with Gasteiger partial charge in [0.15, 0.2) is 0 Å². The van der Waals surface area contributed by atoms with Crippen LogP contribution in [-0.4, -0.2) is 23.2 Å². The molecule has 0 aromatic heterocycles. The molecule has 0 amide bonds. The normalized spacial score (nSPS) is 17.1. The van der Waals surface area contributed by atoms with Crippen molar-refractivity contribution < 1.29 is 5.11 Å². The minimum Gasteiger partial charge on any atom is -0.399 e. The highest BCUT2D eigenvalue weighted by Gasteiger charge is 2.27. The van der Waals surface area contributed by atoms with Crippen LogP contribution in [0.2, 0.25) is 0 Å². The van der Waals surface area contributed by atoms with Crippen molar-refractivity contribution in [2.75, 3.05) is 18.9 Å². The first-order valence-electron chi connectivity index (χ1n) is 7.55. The molecule has 0 heterocycles. The summed E-state index contributed by atoms with van der Waals surface area (Å²) in [6, 6.07) is 17.1. The first-order valence-corrected chi connectivity index (χ1v) is 7.55. The van der Waals surface area contributed by atoms with Gasteiger partial charge in [0.05, 0.1) is 6.61 Å². The van der Waals surface area contributed by atoms with E-state index in [9.17, 15) is 5.11 Å². The number of nitrogens with zero attached hydrogens (tertiary/aromatic N) is 1. The van der Waals surface area contributed by atoms with Gasteiger partial charge in [0.1, 0.15) is 0 Å². The van der Waals surface area contributed by atoms with Crippen LogP contribution in [0.15, 0.2) is 48.5 Å². The molecule has 0 saturated heterocycles. The first-order chi connectivity index (χ1) is 10.3. The van der Waals surface area contributed by atoms with Crippen molar-refractivity contribution in [1.82, 2.24) is 4.90 Å². The van der Waals surface area contributed by atoms with Crippen LogP contribution in [0.4, 0.5) is 5.69 Å². The third-order valence-corrected chi connectivity index (χ3v) is 4.27. The topological polar surface area (TPSA) is 49.5 Å². The Kier molecular flexibility index (Phi) is 4.23. The maximum absolute atomic E-state index is 9.41. The lowest BCUT2D eigenvalue weighted by molar-refractivity contribution is 0.143. The van der Waals surface area contributed by atoms with Gasteiger partial charge in [-0.1, -0.05) is 36.4 Å². The van der Waals surface area contributed by atoms with E-state index < -0.39 is 0 Å². The van der Waals surface area contributed by atoms with E-state index in [1.807, 2.05) is 12.1 Å². The fourth-order valence-corrected chi connectivity index (χ4v) is 3.29. The molecule has 0 fully saturated rings. The van der Waals surface area contributed by atoms with Gasteiger partial charge in [-0.2, -0.15) is 0 Å². The molecule has 1 aliphatic rings. The number of fused-ring (bicyclic) bond motifs is 1. The second-order valence-electron chi connectivity index (χ2n) is 5.69. The number of benzene rings is 2. The highest BCUT2D eigenvalue weighted by atomic mass is 16.3. The quantitative estimate of drug-likeness (QED) is 0.829. The number of aliphatic hydroxyl groups is 1. The molecule has 21 heavy (non-hydrogen) atoms. The minimum atomic E-state index is 0.188. The zero-order valence-electron chi connectivity index (χ0n) is 12.2. The summed E-state index contributed by atoms with van der Waals surface area (Å²) in [5.41, 5.74) is 10.7. The number of nitrogens with two attached hydrogens (primary N) is 1. The van der Waals surface area contributed by atoms with Gasteiger partial charge in [-0.3, -0.25) is 4.90 Å². The Morgan fingerprint density at radius 2 is 1.95 bits per heavy atom. The Morgan fingerprint density at radius 3 is 2.71 bits per heavy atom. The Bertz CT molecular complexity index is 597. The van der Waals surface area contributed by atoms with Gasteiger partial charge in [0.25, 0.3) is 0 Å². The monoisotopic (exact) mass is 282 g/mol. The number of aliphatic hydroxyl groups excluding tert-OH is 1. The predicted octanol–water partition coefficient (Wildman–Crippen LogP) is 2.75. The van der Waals surface area contributed by atoms with Crippen LogP contribution in [0.25, 0.3) is 0 Å². The van der Waals surface area contributed by atoms with Crippen molar-refractivity contribution >= 4 is 5.69 Å². The van der Waals surface area contributed by atoms with Gasteiger partial charge in [0, 0.05) is 24.8 Å². The molecule has 0 spiro atoms. The van der Waals surface area contributed by atoms with Gasteiger partial charge in [-0.15, -0.1) is 0 Å². The molecule has 110 valence electrons. The number of nitrogen functional groups attached to an aromatic ring is 1. The van der Waals surface area contributed by atoms with Gasteiger partial charge in [-0.25, -0.2) is 0 Å². The average Bonchev–Trinajstić information content (AvgIpc) is 2.90. The van der Waals surface area contributed by atoms with Crippen molar-refractivity contribution in [2.45, 2.75) is 25.4 Å². The average molecular weight is 282 g/mol. The van der Waals surface area contributed by atoms with Gasteiger partial charge >= 0.3 is 0 Å². The van der Waals surface area contributed by atoms with Crippen LogP contribution < -0.4 is 5.73 Å². The molecule has 1 aliphatic carbocycles. The van der Waals surface area contributed by atoms with Crippen LogP contribution in [0.5, 0.6) is 0 Å². The van der Waals surface area contributed by atoms with E-state index in [0.29, 0.717) is 12.6 Å². The van der Waals surface area contributed by atoms with Crippen molar-refractivity contribution in [1.29, 1.82) is 0 Å². The summed E-state index contributed by atoms with van der Waals surface area (Å²) in [5.74, 6) is 0. The number of rotatable bonds is 5. The third kappa shape index (κ3) is 3.09. The lowest BCUT2D eigenvalue weighted by atomic mass is 10.1. The fourth-order valence-electron chi connectivity index (χ4n) is 3.29. The molecule has 2 aromatic carbocycles. The van der Waals surface area contributed by atoms with Crippen molar-refractivity contribution in [3.63, 3.8) is 0 Å². The Hall–Kier alpha value is -1.84. The summed E-state index contributed by atoms with van der Waals surface area (Å²) in [6.07, 6.45) is 2.17. The summed E-state index contributed by atoms with van der Waals surface area (Å²) in [7, 11) is 0. The molecular formula is C18H22N2O. The molecule has 0 radical (unpaired) electrons. The van der Waals surface area contributed by atoms with E-state index in [1.54, 1.807) is 0 Å². The maximum Gasteiger partial charge on any atom is 0.0558 e. The van der Waals surface area contributed by atoms with Crippen LogP contribution in [0.1, 0.15) is 29.2 Å². The Morgan fingerprint density at radius 1 is 1.14 bits per heavy atom. The van der Waals surface area contributed by atoms with Crippen LogP contribution in [0, 0.1) is 0 Å². The summed E-state index contributed by atoms with van der Waals surface area (Å²) >= 11 is 0. The molecule has 3 N–H and O–H groups in total. The molecule has 0 saturated carbocycles. The van der Waals surface area contributed by atoms with Gasteiger partial charge in [-0.05, 0) is 41.7 Å². The smallest absolute Gasteiger partial charge is 0.0558 e. The SMILES string of the molecule is Nc1ccc2c(c1)CCC2N(CCO)Cc1ccccc1. The van der Waals surface area contributed by atoms with Gasteiger partial charge in [0.2, 0.25) is 0 Å². The highest BCUT2D eigenvalue weighted by Crippen LogP contribution is 2.37. The third-order valence-electron chi connectivity index (χ3n) is 4.27. The molecule has 0 aliphatic heterocycles. The van der Waals surface area contributed by atoms with Crippen LogP contribution in [-0.2, 0) is 13.0 Å². The van der Waals surface area contributed by atoms with Crippen molar-refractivity contribution in [3.05, 3.63) is 65.2 Å². The maximum atomic E-state index is 9.41. The summed E-state index contributed by atoms with van der Waals surface area (Å²) in [5, 5.41) is 9.41. The molecule has 3 rings (SSSR count). The molecule has 2 aromatic rings. The standard InChI is InChI=1S/C18H22N2O/c19-16-7-8-17-15(12-16)6-9-18(17)20(10-11-21)13-14-4-2-1-3-5-14/h1-5,7-8,12,18,21H,6,9-11,13,19H2. The summed E-state index contributed by atoms with van der Waals surface area (Å²) in [4.78, 5) is 2.37. The summed E-state index contributed by atoms with van der Waals surface area (Å²) in [6.45, 7) is 1.76.